The molecule has 2 fully saturated rings. The van der Waals surface area contributed by atoms with Crippen LogP contribution in [0.1, 0.15) is 63.4 Å². The minimum Gasteiger partial charge on any atom is -1.00 e. The van der Waals surface area contributed by atoms with Gasteiger partial charge in [0.2, 0.25) is 0 Å². The van der Waals surface area contributed by atoms with Crippen molar-refractivity contribution in [3.63, 3.8) is 0 Å². The molecule has 1 aromatic carbocycles. The van der Waals surface area contributed by atoms with Crippen LogP contribution in [-0.2, 0) is 5.60 Å². The third-order valence-electron chi connectivity index (χ3n) is 6.13. The first kappa shape index (κ1) is 20.5. The highest BCUT2D eigenvalue weighted by Gasteiger charge is 2.39. The minimum absolute atomic E-state index is 0. The average Bonchev–Trinajstić information content (AvgIpc) is 2.68. The predicted octanol–water partition coefficient (Wildman–Crippen LogP) is 1.34. The summed E-state index contributed by atoms with van der Waals surface area (Å²) >= 11 is 0. The van der Waals surface area contributed by atoms with E-state index in [-0.39, 0.29) is 12.4 Å². The van der Waals surface area contributed by atoms with Gasteiger partial charge in [-0.3, -0.25) is 0 Å². The molecule has 1 aliphatic carbocycles. The Bertz CT molecular complexity index is 495. The number of ether oxygens (including phenoxy) is 1. The lowest BCUT2D eigenvalue weighted by Gasteiger charge is -2.41. The Morgan fingerprint density at radius 3 is 2.20 bits per heavy atom. The summed E-state index contributed by atoms with van der Waals surface area (Å²) in [6.07, 6.45) is 11.0. The van der Waals surface area contributed by atoms with Crippen molar-refractivity contribution in [2.24, 2.45) is 5.92 Å². The van der Waals surface area contributed by atoms with Crippen LogP contribution in [-0.4, -0.2) is 36.8 Å². The molecule has 1 saturated carbocycles. The SMILES string of the molecule is COc1ccc(C(O)(CCN2CCCCC2)C2CCCCC2)cc1.[Cl-]. The smallest absolute Gasteiger partial charge is 0.118 e. The van der Waals surface area contributed by atoms with Crippen molar-refractivity contribution in [1.82, 2.24) is 4.90 Å². The molecule has 2 aliphatic rings. The Balaban J connectivity index is 0.00000225. The summed E-state index contributed by atoms with van der Waals surface area (Å²) in [5, 5.41) is 11.7. The van der Waals surface area contributed by atoms with Gasteiger partial charge in [0, 0.05) is 6.54 Å². The first-order chi connectivity index (χ1) is 11.7. The number of likely N-dealkylation sites (tertiary alicyclic amines) is 1. The van der Waals surface area contributed by atoms with Gasteiger partial charge >= 0.3 is 0 Å². The van der Waals surface area contributed by atoms with Crippen molar-refractivity contribution in [2.75, 3.05) is 26.7 Å². The van der Waals surface area contributed by atoms with Crippen molar-refractivity contribution in [3.05, 3.63) is 29.8 Å². The zero-order valence-corrected chi connectivity index (χ0v) is 16.3. The molecule has 1 unspecified atom stereocenters. The molecule has 0 bridgehead atoms. The van der Waals surface area contributed by atoms with E-state index in [9.17, 15) is 5.11 Å². The van der Waals surface area contributed by atoms with Crippen LogP contribution in [0.4, 0.5) is 0 Å². The van der Waals surface area contributed by atoms with Gasteiger partial charge in [-0.05, 0) is 68.8 Å². The van der Waals surface area contributed by atoms with Crippen LogP contribution in [0.2, 0.25) is 0 Å². The third-order valence-corrected chi connectivity index (χ3v) is 6.13. The topological polar surface area (TPSA) is 32.7 Å². The summed E-state index contributed by atoms with van der Waals surface area (Å²) in [4.78, 5) is 2.54. The monoisotopic (exact) mass is 366 g/mol. The summed E-state index contributed by atoms with van der Waals surface area (Å²) in [6, 6.07) is 8.13. The fourth-order valence-electron chi connectivity index (χ4n) is 4.56. The van der Waals surface area contributed by atoms with Crippen LogP contribution in [0, 0.1) is 5.92 Å². The first-order valence-corrected chi connectivity index (χ1v) is 9.81. The zero-order chi connectivity index (χ0) is 16.8. The molecule has 0 spiro atoms. The molecule has 1 saturated heterocycles. The maximum atomic E-state index is 11.7. The number of methoxy groups -OCH3 is 1. The molecule has 0 amide bonds. The molecular weight excluding hydrogens is 334 g/mol. The van der Waals surface area contributed by atoms with Crippen molar-refractivity contribution in [3.8, 4) is 5.75 Å². The number of hydrogen-bond acceptors (Lipinski definition) is 3. The number of piperidine rings is 1. The van der Waals surface area contributed by atoms with E-state index in [1.54, 1.807) is 7.11 Å². The lowest BCUT2D eigenvalue weighted by Crippen LogP contribution is -3.00. The predicted molar refractivity (Wildman–Crippen MR) is 98.4 cm³/mol. The normalized spacial score (nSPS) is 22.0. The Kier molecular flexibility index (Phi) is 8.05. The number of halogens is 1. The van der Waals surface area contributed by atoms with E-state index >= 15 is 0 Å². The highest BCUT2D eigenvalue weighted by molar-refractivity contribution is 5.31. The highest BCUT2D eigenvalue weighted by atomic mass is 35.5. The van der Waals surface area contributed by atoms with Gasteiger partial charge in [0.05, 0.1) is 12.7 Å². The molecule has 0 aromatic heterocycles. The van der Waals surface area contributed by atoms with Crippen LogP contribution < -0.4 is 17.1 Å². The maximum absolute atomic E-state index is 11.7. The van der Waals surface area contributed by atoms with E-state index in [1.165, 1.54) is 51.6 Å². The van der Waals surface area contributed by atoms with Gasteiger partial charge in [-0.2, -0.15) is 0 Å². The lowest BCUT2D eigenvalue weighted by molar-refractivity contribution is -0.0529. The van der Waals surface area contributed by atoms with Crippen LogP contribution in [0.15, 0.2) is 24.3 Å². The summed E-state index contributed by atoms with van der Waals surface area (Å²) < 4.78 is 5.29. The molecule has 4 heteroatoms. The van der Waals surface area contributed by atoms with E-state index in [0.29, 0.717) is 5.92 Å². The van der Waals surface area contributed by atoms with Gasteiger partial charge in [0.1, 0.15) is 5.75 Å². The van der Waals surface area contributed by atoms with E-state index in [1.807, 2.05) is 12.1 Å². The molecule has 1 heterocycles. The second kappa shape index (κ2) is 9.80. The van der Waals surface area contributed by atoms with Gasteiger partial charge in [0.15, 0.2) is 0 Å². The Hall–Kier alpha value is -0.770. The van der Waals surface area contributed by atoms with Gasteiger partial charge in [0.25, 0.3) is 0 Å². The largest absolute Gasteiger partial charge is 1.00 e. The van der Waals surface area contributed by atoms with Gasteiger partial charge in [-0.15, -0.1) is 0 Å². The van der Waals surface area contributed by atoms with E-state index in [4.69, 9.17) is 4.74 Å². The van der Waals surface area contributed by atoms with Crippen LogP contribution >= 0.6 is 0 Å². The van der Waals surface area contributed by atoms with Crippen molar-refractivity contribution < 1.29 is 22.3 Å². The van der Waals surface area contributed by atoms with Crippen LogP contribution in [0.3, 0.4) is 0 Å². The lowest BCUT2D eigenvalue weighted by atomic mass is 9.71. The first-order valence-electron chi connectivity index (χ1n) is 9.81. The average molecular weight is 367 g/mol. The van der Waals surface area contributed by atoms with Crippen molar-refractivity contribution >= 4 is 0 Å². The Labute approximate surface area is 159 Å². The fraction of sp³-hybridized carbons (Fsp3) is 0.714. The number of hydrogen-bond donors (Lipinski definition) is 1. The Morgan fingerprint density at radius 2 is 1.60 bits per heavy atom. The van der Waals surface area contributed by atoms with Gasteiger partial charge in [-0.25, -0.2) is 0 Å². The molecule has 1 atom stereocenters. The van der Waals surface area contributed by atoms with E-state index in [2.05, 4.69) is 17.0 Å². The molecule has 1 N–H and O–H groups in total. The molecule has 0 radical (unpaired) electrons. The summed E-state index contributed by atoms with van der Waals surface area (Å²) in [6.45, 7) is 3.41. The minimum atomic E-state index is -0.690. The van der Waals surface area contributed by atoms with E-state index in [0.717, 1.165) is 37.1 Å². The molecule has 1 aliphatic heterocycles. The molecule has 142 valence electrons. The molecule has 1 aromatic rings. The molecular formula is C21H33ClNO2-. The van der Waals surface area contributed by atoms with Crippen molar-refractivity contribution in [2.45, 2.75) is 63.4 Å². The highest BCUT2D eigenvalue weighted by Crippen LogP contribution is 2.42. The second-order valence-electron chi connectivity index (χ2n) is 7.64. The standard InChI is InChI=1S/C21H33NO2.ClH/c1-24-20-12-10-19(11-13-20)21(23,18-8-4-2-5-9-18)14-17-22-15-6-3-7-16-22;/h10-13,18,23H,2-9,14-17H2,1H3;1H/p-1. The molecule has 3 rings (SSSR count). The van der Waals surface area contributed by atoms with Gasteiger partial charge < -0.3 is 27.2 Å². The molecule has 25 heavy (non-hydrogen) atoms. The van der Waals surface area contributed by atoms with Gasteiger partial charge in [-0.1, -0.05) is 37.8 Å². The Morgan fingerprint density at radius 1 is 1.00 bits per heavy atom. The van der Waals surface area contributed by atoms with Crippen LogP contribution in [0.5, 0.6) is 5.75 Å². The summed E-state index contributed by atoms with van der Waals surface area (Å²) in [7, 11) is 1.69. The number of aliphatic hydroxyl groups is 1. The summed E-state index contributed by atoms with van der Waals surface area (Å²) in [5.41, 5.74) is 0.386. The third kappa shape index (κ3) is 5.12. The number of benzene rings is 1. The zero-order valence-electron chi connectivity index (χ0n) is 15.6. The summed E-state index contributed by atoms with van der Waals surface area (Å²) in [5.74, 6) is 1.25. The second-order valence-corrected chi connectivity index (χ2v) is 7.64. The quantitative estimate of drug-likeness (QED) is 0.824. The fourth-order valence-corrected chi connectivity index (χ4v) is 4.56. The van der Waals surface area contributed by atoms with Crippen LogP contribution in [0.25, 0.3) is 0 Å². The molecule has 3 nitrogen and oxygen atoms in total. The number of nitrogens with zero attached hydrogens (tertiary/aromatic N) is 1. The van der Waals surface area contributed by atoms with E-state index < -0.39 is 5.60 Å². The van der Waals surface area contributed by atoms with Crippen molar-refractivity contribution in [1.29, 1.82) is 0 Å². The maximum Gasteiger partial charge on any atom is 0.118 e. The number of rotatable bonds is 6.